The first-order valence-electron chi connectivity index (χ1n) is 13.7. The van der Waals surface area contributed by atoms with E-state index in [4.69, 9.17) is 20.2 Å². The van der Waals surface area contributed by atoms with Gasteiger partial charge in [0.2, 0.25) is 0 Å². The molecule has 2 bridgehead atoms. The van der Waals surface area contributed by atoms with E-state index in [2.05, 4.69) is 14.7 Å². The summed E-state index contributed by atoms with van der Waals surface area (Å²) in [7, 11) is 2.91. The van der Waals surface area contributed by atoms with Crippen LogP contribution in [0.5, 0.6) is 5.75 Å². The van der Waals surface area contributed by atoms with Crippen LogP contribution in [0, 0.1) is 11.2 Å². The van der Waals surface area contributed by atoms with Crippen molar-refractivity contribution in [2.24, 2.45) is 5.41 Å². The van der Waals surface area contributed by atoms with Crippen molar-refractivity contribution in [3.8, 4) is 17.0 Å². The fourth-order valence-corrected chi connectivity index (χ4v) is 6.60. The number of fused-ring (bicyclic) bond motifs is 4. The summed E-state index contributed by atoms with van der Waals surface area (Å²) in [5.74, 6) is 0.622. The fourth-order valence-electron chi connectivity index (χ4n) is 6.60. The number of esters is 1. The first-order chi connectivity index (χ1) is 19.8. The first-order valence-corrected chi connectivity index (χ1v) is 13.7. The van der Waals surface area contributed by atoms with E-state index in [1.54, 1.807) is 6.20 Å². The van der Waals surface area contributed by atoms with Crippen LogP contribution < -0.4 is 15.8 Å². The fraction of sp³-hybridized carbons (Fsp3) is 0.355. The Kier molecular flexibility index (Phi) is 6.63. The third kappa shape index (κ3) is 4.47. The van der Waals surface area contributed by atoms with Gasteiger partial charge in [-0.15, -0.1) is 0 Å². The summed E-state index contributed by atoms with van der Waals surface area (Å²) in [4.78, 5) is 34.8. The molecule has 0 saturated heterocycles. The standard InChI is InChI=1S/C31H32FN5O4/c1-40-23-8-7-21(32)17-22(23)27(38)35-18-19-3-5-20(6-4-19)24-25-26(33)34-15-16-37(25)28(36-24)30-9-12-31(13-10-30,14-11-30)29(39)41-2/h3-8,15-17H,9-14,18H2,1-2H3,(H2,33,34)(H,35,38). The highest BCUT2D eigenvalue weighted by Crippen LogP contribution is 2.58. The largest absolute Gasteiger partial charge is 0.496 e. The van der Waals surface area contributed by atoms with Gasteiger partial charge in [-0.2, -0.15) is 0 Å². The van der Waals surface area contributed by atoms with E-state index in [1.165, 1.54) is 26.4 Å². The number of anilines is 1. The molecule has 0 atom stereocenters. The van der Waals surface area contributed by atoms with E-state index in [1.807, 2.05) is 30.5 Å². The molecular formula is C31H32FN5O4. The van der Waals surface area contributed by atoms with E-state index >= 15 is 0 Å². The smallest absolute Gasteiger partial charge is 0.311 e. The molecule has 3 saturated carbocycles. The SMILES string of the molecule is COC(=O)C12CCC(c3nc(-c4ccc(CNC(=O)c5cc(F)ccc5OC)cc4)c4c(N)nccn34)(CC1)CC2. The molecule has 41 heavy (non-hydrogen) atoms. The molecule has 2 aromatic heterocycles. The molecule has 3 N–H and O–H groups in total. The minimum Gasteiger partial charge on any atom is -0.496 e. The van der Waals surface area contributed by atoms with Crippen LogP contribution in [-0.4, -0.2) is 40.5 Å². The van der Waals surface area contributed by atoms with Gasteiger partial charge < -0.3 is 20.5 Å². The predicted molar refractivity (Wildman–Crippen MR) is 151 cm³/mol. The van der Waals surface area contributed by atoms with E-state index in [0.717, 1.165) is 72.8 Å². The zero-order valence-corrected chi connectivity index (χ0v) is 23.1. The van der Waals surface area contributed by atoms with Crippen LogP contribution >= 0.6 is 0 Å². The lowest BCUT2D eigenvalue weighted by Gasteiger charge is -2.51. The molecule has 3 aliphatic carbocycles. The van der Waals surface area contributed by atoms with E-state index in [0.29, 0.717) is 11.6 Å². The second-order valence-electron chi connectivity index (χ2n) is 11.1. The van der Waals surface area contributed by atoms with Crippen molar-refractivity contribution in [1.29, 1.82) is 0 Å². The molecule has 10 heteroatoms. The Morgan fingerprint density at radius 1 is 1.05 bits per heavy atom. The molecular weight excluding hydrogens is 525 g/mol. The number of amides is 1. The van der Waals surface area contributed by atoms with Crippen molar-refractivity contribution in [2.75, 3.05) is 20.0 Å². The van der Waals surface area contributed by atoms with Gasteiger partial charge in [-0.1, -0.05) is 24.3 Å². The van der Waals surface area contributed by atoms with E-state index < -0.39 is 11.7 Å². The zero-order valence-electron chi connectivity index (χ0n) is 23.1. The molecule has 1 amide bonds. The Bertz CT molecular complexity index is 1620. The van der Waals surface area contributed by atoms with Gasteiger partial charge in [-0.3, -0.25) is 14.0 Å². The number of hydrogen-bond donors (Lipinski definition) is 2. The first kappa shape index (κ1) is 26.7. The monoisotopic (exact) mass is 557 g/mol. The third-order valence-corrected chi connectivity index (χ3v) is 9.01. The van der Waals surface area contributed by atoms with E-state index in [9.17, 15) is 14.0 Å². The number of nitrogens with zero attached hydrogens (tertiary/aromatic N) is 3. The number of hydrogen-bond acceptors (Lipinski definition) is 7. The average molecular weight is 558 g/mol. The van der Waals surface area contributed by atoms with Crippen molar-refractivity contribution >= 4 is 23.2 Å². The highest BCUT2D eigenvalue weighted by molar-refractivity contribution is 5.97. The summed E-state index contributed by atoms with van der Waals surface area (Å²) in [6.45, 7) is 0.253. The van der Waals surface area contributed by atoms with Gasteiger partial charge >= 0.3 is 5.97 Å². The van der Waals surface area contributed by atoms with E-state index in [-0.39, 0.29) is 28.9 Å². The summed E-state index contributed by atoms with van der Waals surface area (Å²) in [6.07, 6.45) is 8.53. The molecule has 212 valence electrons. The summed E-state index contributed by atoms with van der Waals surface area (Å²) < 4.78 is 26.1. The van der Waals surface area contributed by atoms with Crippen molar-refractivity contribution < 1.29 is 23.5 Å². The molecule has 0 spiro atoms. The third-order valence-electron chi connectivity index (χ3n) is 9.01. The lowest BCUT2D eigenvalue weighted by molar-refractivity contribution is -0.160. The number of rotatable bonds is 7. The Morgan fingerprint density at radius 2 is 1.76 bits per heavy atom. The summed E-state index contributed by atoms with van der Waals surface area (Å²) in [6, 6.07) is 11.6. The predicted octanol–water partition coefficient (Wildman–Crippen LogP) is 4.82. The van der Waals surface area contributed by atoms with Gasteiger partial charge in [0.25, 0.3) is 5.91 Å². The summed E-state index contributed by atoms with van der Waals surface area (Å²) in [5, 5.41) is 2.83. The normalized spacial score (nSPS) is 21.5. The zero-order chi connectivity index (χ0) is 28.8. The van der Waals surface area contributed by atoms with Crippen LogP contribution in [0.25, 0.3) is 16.8 Å². The molecule has 0 aliphatic heterocycles. The number of benzene rings is 2. The lowest BCUT2D eigenvalue weighted by atomic mass is 9.53. The van der Waals surface area contributed by atoms with Gasteiger partial charge in [0.1, 0.15) is 34.4 Å². The number of carbonyl (C=O) groups excluding carboxylic acids is 2. The molecule has 0 radical (unpaired) electrons. The van der Waals surface area contributed by atoms with Gasteiger partial charge in [-0.25, -0.2) is 14.4 Å². The average Bonchev–Trinajstić information content (AvgIpc) is 3.42. The van der Waals surface area contributed by atoms with Crippen molar-refractivity contribution in [3.63, 3.8) is 0 Å². The number of ether oxygens (including phenoxy) is 2. The number of halogens is 1. The Balaban J connectivity index is 1.26. The quantitative estimate of drug-likeness (QED) is 0.313. The maximum Gasteiger partial charge on any atom is 0.311 e. The number of aromatic nitrogens is 3. The molecule has 3 aliphatic rings. The van der Waals surface area contributed by atoms with Gasteiger partial charge in [0.05, 0.1) is 25.2 Å². The van der Waals surface area contributed by atoms with Crippen LogP contribution in [0.2, 0.25) is 0 Å². The Hall–Kier alpha value is -4.47. The summed E-state index contributed by atoms with van der Waals surface area (Å²) >= 11 is 0. The highest BCUT2D eigenvalue weighted by atomic mass is 19.1. The number of nitrogens with two attached hydrogens (primary N) is 1. The van der Waals surface area contributed by atoms with Crippen LogP contribution in [0.15, 0.2) is 54.9 Å². The molecule has 7 rings (SSSR count). The van der Waals surface area contributed by atoms with Crippen LogP contribution in [0.1, 0.15) is 60.3 Å². The Labute approximate surface area is 236 Å². The van der Waals surface area contributed by atoms with Gasteiger partial charge in [0.15, 0.2) is 0 Å². The Morgan fingerprint density at radius 3 is 2.41 bits per heavy atom. The number of nitrogen functional groups attached to an aromatic ring is 1. The number of methoxy groups -OCH3 is 2. The number of imidazole rings is 1. The van der Waals surface area contributed by atoms with Crippen molar-refractivity contribution in [2.45, 2.75) is 50.5 Å². The van der Waals surface area contributed by atoms with Crippen LogP contribution in [0.3, 0.4) is 0 Å². The molecule has 2 aromatic carbocycles. The second kappa shape index (κ2) is 10.2. The maximum absolute atomic E-state index is 13.7. The topological polar surface area (TPSA) is 121 Å². The molecule has 3 fully saturated rings. The molecule has 2 heterocycles. The molecule has 0 unspecified atom stereocenters. The number of nitrogens with one attached hydrogen (secondary N) is 1. The van der Waals surface area contributed by atoms with Crippen molar-refractivity contribution in [3.05, 3.63) is 77.6 Å². The second-order valence-corrected chi connectivity index (χ2v) is 11.1. The number of carbonyl (C=O) groups is 2. The molecule has 9 nitrogen and oxygen atoms in total. The minimum absolute atomic E-state index is 0.0979. The van der Waals surface area contributed by atoms with Crippen LogP contribution in [-0.2, 0) is 21.5 Å². The maximum atomic E-state index is 13.7. The van der Waals surface area contributed by atoms with Gasteiger partial charge in [-0.05, 0) is 62.3 Å². The highest BCUT2D eigenvalue weighted by Gasteiger charge is 2.55. The summed E-state index contributed by atoms with van der Waals surface area (Å²) in [5.41, 5.74) is 9.25. The lowest BCUT2D eigenvalue weighted by Crippen LogP contribution is -2.49. The molecule has 4 aromatic rings. The van der Waals surface area contributed by atoms with Crippen molar-refractivity contribution in [1.82, 2.24) is 19.7 Å². The van der Waals surface area contributed by atoms with Crippen LogP contribution in [0.4, 0.5) is 10.2 Å². The van der Waals surface area contributed by atoms with Gasteiger partial charge in [0, 0.05) is 29.9 Å². The minimum atomic E-state index is -0.510.